The molecule has 0 aliphatic heterocycles. The van der Waals surface area contributed by atoms with E-state index in [1.54, 1.807) is 19.6 Å². The molecule has 4 unspecified atom stereocenters. The molecule has 7 heteroatoms. The molecule has 3 saturated carbocycles. The second-order valence-electron chi connectivity index (χ2n) is 18.0. The lowest BCUT2D eigenvalue weighted by Crippen LogP contribution is -2.47. The summed E-state index contributed by atoms with van der Waals surface area (Å²) >= 11 is 0. The number of methoxy groups -OCH3 is 1. The molecule has 0 aromatic rings. The lowest BCUT2D eigenvalue weighted by Gasteiger charge is -2.55. The SMILES string of the molecule is COC(C)(C)COC(C)(C)CCOC(=O)NC(C)C(=O)O[C@H]1CC[C@@]2(C)C(=CC=C3C4CCC([C@H](C)CCCC(C)C)[C@@]4(C)CCC32)C1. The van der Waals surface area contributed by atoms with Crippen molar-refractivity contribution in [2.24, 2.45) is 40.4 Å². The molecule has 3 fully saturated rings. The van der Waals surface area contributed by atoms with Crippen LogP contribution in [0.2, 0.25) is 0 Å². The van der Waals surface area contributed by atoms with Gasteiger partial charge in [0.1, 0.15) is 12.1 Å². The van der Waals surface area contributed by atoms with E-state index in [-0.39, 0.29) is 18.1 Å². The minimum atomic E-state index is -0.788. The molecule has 0 bridgehead atoms. The molecule has 8 atom stereocenters. The Labute approximate surface area is 292 Å². The second kappa shape index (κ2) is 15.6. The van der Waals surface area contributed by atoms with E-state index in [2.05, 4.69) is 52.1 Å². The summed E-state index contributed by atoms with van der Waals surface area (Å²) in [5.41, 5.74) is 2.83. The molecule has 0 spiro atoms. The Kier molecular flexibility index (Phi) is 12.6. The van der Waals surface area contributed by atoms with E-state index in [4.69, 9.17) is 18.9 Å². The van der Waals surface area contributed by atoms with Gasteiger partial charge in [0.05, 0.1) is 24.4 Å². The summed E-state index contributed by atoms with van der Waals surface area (Å²) in [5, 5.41) is 2.65. The molecule has 48 heavy (non-hydrogen) atoms. The van der Waals surface area contributed by atoms with Crippen LogP contribution in [0.15, 0.2) is 23.3 Å². The Hall–Kier alpha value is -1.86. The summed E-state index contributed by atoms with van der Waals surface area (Å²) in [6.07, 6.45) is 16.6. The maximum atomic E-state index is 13.0. The lowest BCUT2D eigenvalue weighted by molar-refractivity contribution is -0.152. The number of carbonyl (C=O) groups is 2. The van der Waals surface area contributed by atoms with E-state index in [1.165, 1.54) is 50.5 Å². The van der Waals surface area contributed by atoms with Crippen molar-refractivity contribution in [3.05, 3.63) is 23.3 Å². The Morgan fingerprint density at radius 1 is 0.938 bits per heavy atom. The van der Waals surface area contributed by atoms with E-state index < -0.39 is 29.3 Å². The maximum absolute atomic E-state index is 13.0. The first kappa shape index (κ1) is 38.9. The first-order chi connectivity index (χ1) is 22.4. The van der Waals surface area contributed by atoms with Crippen molar-refractivity contribution in [1.82, 2.24) is 5.32 Å². The van der Waals surface area contributed by atoms with Gasteiger partial charge in [0.15, 0.2) is 0 Å². The van der Waals surface area contributed by atoms with Gasteiger partial charge in [0.25, 0.3) is 0 Å². The maximum Gasteiger partial charge on any atom is 0.407 e. The molecule has 4 rings (SSSR count). The zero-order valence-electron chi connectivity index (χ0n) is 32.3. The van der Waals surface area contributed by atoms with E-state index in [0.29, 0.717) is 30.3 Å². The van der Waals surface area contributed by atoms with Crippen LogP contribution in [0.3, 0.4) is 0 Å². The van der Waals surface area contributed by atoms with E-state index >= 15 is 0 Å². The predicted octanol–water partition coefficient (Wildman–Crippen LogP) is 9.58. The van der Waals surface area contributed by atoms with Crippen LogP contribution in [0.4, 0.5) is 4.79 Å². The van der Waals surface area contributed by atoms with Crippen molar-refractivity contribution in [2.75, 3.05) is 20.3 Å². The number of carbonyl (C=O) groups excluding carboxylic acids is 2. The van der Waals surface area contributed by atoms with Gasteiger partial charge in [0.2, 0.25) is 0 Å². The van der Waals surface area contributed by atoms with Gasteiger partial charge >= 0.3 is 12.1 Å². The summed E-state index contributed by atoms with van der Waals surface area (Å²) in [6.45, 7) is 22.4. The summed E-state index contributed by atoms with van der Waals surface area (Å²) < 4.78 is 22.8. The number of allylic oxidation sites excluding steroid dienone is 3. The Morgan fingerprint density at radius 3 is 2.35 bits per heavy atom. The molecular formula is C41H69NO6. The third-order valence-corrected chi connectivity index (χ3v) is 13.0. The molecule has 4 aliphatic carbocycles. The van der Waals surface area contributed by atoms with Crippen molar-refractivity contribution in [3.63, 3.8) is 0 Å². The summed E-state index contributed by atoms with van der Waals surface area (Å²) in [5.74, 6) is 3.32. The van der Waals surface area contributed by atoms with Crippen LogP contribution in [0.5, 0.6) is 0 Å². The highest BCUT2D eigenvalue weighted by Gasteiger charge is 2.57. The normalized spacial score (nSPS) is 31.5. The largest absolute Gasteiger partial charge is 0.461 e. The Bertz CT molecular complexity index is 1190. The number of ether oxygens (including phenoxy) is 4. The Balaban J connectivity index is 1.27. The van der Waals surface area contributed by atoms with Crippen LogP contribution >= 0.6 is 0 Å². The van der Waals surface area contributed by atoms with Crippen molar-refractivity contribution in [3.8, 4) is 0 Å². The Morgan fingerprint density at radius 2 is 1.67 bits per heavy atom. The smallest absolute Gasteiger partial charge is 0.407 e. The molecule has 0 aromatic heterocycles. The van der Waals surface area contributed by atoms with Gasteiger partial charge in [-0.1, -0.05) is 77.2 Å². The molecule has 274 valence electrons. The zero-order chi connectivity index (χ0) is 35.5. The summed E-state index contributed by atoms with van der Waals surface area (Å²) in [7, 11) is 1.66. The molecule has 4 aliphatic rings. The van der Waals surface area contributed by atoms with Crippen molar-refractivity contribution >= 4 is 12.1 Å². The minimum Gasteiger partial charge on any atom is -0.461 e. The number of alkyl carbamates (subject to hydrolysis) is 1. The number of nitrogens with one attached hydrogen (secondary N) is 1. The van der Waals surface area contributed by atoms with Crippen LogP contribution in [0, 0.1) is 40.4 Å². The van der Waals surface area contributed by atoms with Gasteiger partial charge < -0.3 is 24.3 Å². The van der Waals surface area contributed by atoms with Crippen molar-refractivity contribution in [1.29, 1.82) is 0 Å². The summed E-state index contributed by atoms with van der Waals surface area (Å²) in [6, 6.07) is -0.788. The van der Waals surface area contributed by atoms with Crippen LogP contribution in [-0.4, -0.2) is 55.7 Å². The second-order valence-corrected chi connectivity index (χ2v) is 18.0. The minimum absolute atomic E-state index is 0.139. The van der Waals surface area contributed by atoms with Gasteiger partial charge in [-0.15, -0.1) is 0 Å². The third kappa shape index (κ3) is 9.08. The molecule has 0 heterocycles. The molecular weight excluding hydrogens is 602 g/mol. The first-order valence-corrected chi connectivity index (χ1v) is 19.1. The average molecular weight is 672 g/mol. The topological polar surface area (TPSA) is 83.1 Å². The number of amides is 1. The number of hydrogen-bond acceptors (Lipinski definition) is 6. The number of rotatable bonds is 15. The summed E-state index contributed by atoms with van der Waals surface area (Å²) in [4.78, 5) is 25.5. The standard InChI is InChI=1S/C41H69NO6/c1-27(2)13-12-14-28(3)33-17-18-34-32-16-15-30-25-31(19-21-40(30,9)35(32)20-22-41(33,34)10)48-36(43)29(4)42-37(44)46-24-23-38(5,6)47-26-39(7,8)45-11/h15-16,27-29,31,33-35H,12-14,17-26H2,1-11H3,(H,42,44)/t28-,29?,31+,33?,34?,35?,40+,41-/m1/s1. The predicted molar refractivity (Wildman–Crippen MR) is 193 cm³/mol. The van der Waals surface area contributed by atoms with Crippen LogP contribution in [-0.2, 0) is 23.7 Å². The lowest BCUT2D eigenvalue weighted by atomic mass is 9.50. The van der Waals surface area contributed by atoms with E-state index in [0.717, 1.165) is 37.0 Å². The highest BCUT2D eigenvalue weighted by molar-refractivity contribution is 5.81. The fourth-order valence-electron chi connectivity index (χ4n) is 9.53. The molecule has 0 radical (unpaired) electrons. The molecule has 1 amide bonds. The van der Waals surface area contributed by atoms with Gasteiger partial charge in [-0.3, -0.25) is 0 Å². The first-order valence-electron chi connectivity index (χ1n) is 19.1. The van der Waals surface area contributed by atoms with Gasteiger partial charge in [0, 0.05) is 20.0 Å². The van der Waals surface area contributed by atoms with Crippen molar-refractivity contribution < 1.29 is 28.5 Å². The number of hydrogen-bond donors (Lipinski definition) is 1. The number of esters is 1. The molecule has 0 saturated heterocycles. The van der Waals surface area contributed by atoms with Gasteiger partial charge in [-0.05, 0) is 114 Å². The highest BCUT2D eigenvalue weighted by Crippen LogP contribution is 2.66. The molecule has 1 N–H and O–H groups in total. The molecule has 0 aromatic carbocycles. The van der Waals surface area contributed by atoms with Gasteiger partial charge in [-0.2, -0.15) is 0 Å². The third-order valence-electron chi connectivity index (χ3n) is 13.0. The van der Waals surface area contributed by atoms with Crippen molar-refractivity contribution in [2.45, 2.75) is 163 Å². The fourth-order valence-corrected chi connectivity index (χ4v) is 9.53. The van der Waals surface area contributed by atoms with E-state index in [9.17, 15) is 9.59 Å². The number of fused-ring (bicyclic) bond motifs is 5. The van der Waals surface area contributed by atoms with Crippen LogP contribution in [0.25, 0.3) is 0 Å². The quantitative estimate of drug-likeness (QED) is 0.175. The van der Waals surface area contributed by atoms with Crippen LogP contribution in [0.1, 0.15) is 140 Å². The van der Waals surface area contributed by atoms with Gasteiger partial charge in [-0.25, -0.2) is 9.59 Å². The average Bonchev–Trinajstić information content (AvgIpc) is 3.37. The highest BCUT2D eigenvalue weighted by atomic mass is 16.6. The fraction of sp³-hybridized carbons (Fsp3) is 0.854. The zero-order valence-corrected chi connectivity index (χ0v) is 32.3. The van der Waals surface area contributed by atoms with E-state index in [1.807, 2.05) is 27.7 Å². The van der Waals surface area contributed by atoms with Crippen LogP contribution < -0.4 is 5.32 Å². The molecule has 7 nitrogen and oxygen atoms in total. The monoisotopic (exact) mass is 672 g/mol.